The van der Waals surface area contributed by atoms with Crippen molar-refractivity contribution < 1.29 is 22.5 Å². The number of benzene rings is 2. The molecule has 9 heteroatoms. The third-order valence-corrected chi connectivity index (χ3v) is 9.40. The van der Waals surface area contributed by atoms with Crippen molar-refractivity contribution in [1.29, 1.82) is 0 Å². The zero-order valence-corrected chi connectivity index (χ0v) is 22.4. The van der Waals surface area contributed by atoms with E-state index in [1.165, 1.54) is 3.97 Å². The monoisotopic (exact) mass is 516 g/mol. The predicted molar refractivity (Wildman–Crippen MR) is 144 cm³/mol. The van der Waals surface area contributed by atoms with Gasteiger partial charge in [0.25, 0.3) is 10.0 Å². The van der Waals surface area contributed by atoms with Crippen molar-refractivity contribution in [3.05, 3.63) is 72.1 Å². The van der Waals surface area contributed by atoms with E-state index in [9.17, 15) is 8.42 Å². The Morgan fingerprint density at radius 2 is 1.68 bits per heavy atom. The van der Waals surface area contributed by atoms with Gasteiger partial charge in [-0.2, -0.15) is 0 Å². The van der Waals surface area contributed by atoms with Gasteiger partial charge in [0.2, 0.25) is 0 Å². The van der Waals surface area contributed by atoms with Gasteiger partial charge >= 0.3 is 7.12 Å². The van der Waals surface area contributed by atoms with Gasteiger partial charge in [-0.15, -0.1) is 0 Å². The van der Waals surface area contributed by atoms with E-state index in [1.807, 2.05) is 58.9 Å². The first-order valence-electron chi connectivity index (χ1n) is 12.4. The first-order chi connectivity index (χ1) is 17.5. The standard InChI is InChI=1S/C28H29BN2O5S/c1-18-9-11-21(12-10-18)37(32,33)31-17-24(22-8-6-7-19-13-14-34-25(19)22)23-15-20(16-30-26(23)31)29-35-27(2,3)28(4,5)36-29/h6-12,15-17H,13-14H2,1-5H3. The normalized spacial score (nSPS) is 18.2. The topological polar surface area (TPSA) is 79.7 Å². The second-order valence-electron chi connectivity index (χ2n) is 10.8. The smallest absolute Gasteiger partial charge is 0.492 e. The molecule has 0 unspecified atom stereocenters. The summed E-state index contributed by atoms with van der Waals surface area (Å²) < 4.78 is 47.4. The minimum absolute atomic E-state index is 0.202. The van der Waals surface area contributed by atoms with E-state index >= 15 is 0 Å². The lowest BCUT2D eigenvalue weighted by atomic mass is 9.79. The van der Waals surface area contributed by atoms with E-state index in [0.717, 1.165) is 39.9 Å². The van der Waals surface area contributed by atoms with Crippen LogP contribution in [0, 0.1) is 6.92 Å². The average molecular weight is 516 g/mol. The third-order valence-electron chi connectivity index (χ3n) is 7.74. The van der Waals surface area contributed by atoms with Gasteiger partial charge in [-0.1, -0.05) is 35.9 Å². The number of pyridine rings is 1. The summed E-state index contributed by atoms with van der Waals surface area (Å²) in [6.07, 6.45) is 4.11. The van der Waals surface area contributed by atoms with Crippen LogP contribution in [0.15, 0.2) is 65.8 Å². The Kier molecular flexibility index (Phi) is 5.35. The van der Waals surface area contributed by atoms with Crippen molar-refractivity contribution in [2.75, 3.05) is 6.61 Å². The Labute approximate surface area is 217 Å². The summed E-state index contributed by atoms with van der Waals surface area (Å²) in [5.74, 6) is 0.787. The van der Waals surface area contributed by atoms with E-state index in [4.69, 9.17) is 14.0 Å². The zero-order valence-electron chi connectivity index (χ0n) is 21.6. The van der Waals surface area contributed by atoms with Gasteiger partial charge in [0, 0.05) is 40.8 Å². The summed E-state index contributed by atoms with van der Waals surface area (Å²) in [5, 5.41) is 0.687. The number of aromatic nitrogens is 2. The van der Waals surface area contributed by atoms with Crippen LogP contribution in [-0.4, -0.2) is 42.3 Å². The quantitative estimate of drug-likeness (QED) is 0.372. The minimum Gasteiger partial charge on any atom is -0.492 e. The van der Waals surface area contributed by atoms with E-state index in [0.29, 0.717) is 17.6 Å². The molecule has 6 rings (SSSR count). The second-order valence-corrected chi connectivity index (χ2v) is 12.6. The van der Waals surface area contributed by atoms with Crippen LogP contribution in [-0.2, 0) is 25.8 Å². The molecular weight excluding hydrogens is 487 g/mol. The molecule has 7 nitrogen and oxygen atoms in total. The van der Waals surface area contributed by atoms with Gasteiger partial charge in [0.05, 0.1) is 22.7 Å². The number of fused-ring (bicyclic) bond motifs is 2. The molecule has 0 saturated carbocycles. The maximum absolute atomic E-state index is 13.8. The highest BCUT2D eigenvalue weighted by Gasteiger charge is 2.52. The highest BCUT2D eigenvalue weighted by molar-refractivity contribution is 7.90. The summed E-state index contributed by atoms with van der Waals surface area (Å²) in [4.78, 5) is 4.86. The van der Waals surface area contributed by atoms with Crippen LogP contribution in [0.4, 0.5) is 0 Å². The lowest BCUT2D eigenvalue weighted by molar-refractivity contribution is 0.00578. The van der Waals surface area contributed by atoms with E-state index in [-0.39, 0.29) is 4.90 Å². The molecule has 2 aliphatic heterocycles. The molecule has 190 valence electrons. The first kappa shape index (κ1) is 24.2. The van der Waals surface area contributed by atoms with Crippen molar-refractivity contribution in [3.63, 3.8) is 0 Å². The van der Waals surface area contributed by atoms with Gasteiger partial charge < -0.3 is 14.0 Å². The number of ether oxygens (including phenoxy) is 1. The van der Waals surface area contributed by atoms with Crippen molar-refractivity contribution in [3.8, 4) is 16.9 Å². The molecule has 0 N–H and O–H groups in total. The van der Waals surface area contributed by atoms with Gasteiger partial charge in [0.1, 0.15) is 5.75 Å². The highest BCUT2D eigenvalue weighted by Crippen LogP contribution is 2.41. The van der Waals surface area contributed by atoms with Crippen LogP contribution < -0.4 is 10.2 Å². The number of hydrogen-bond donors (Lipinski definition) is 0. The first-order valence-corrected chi connectivity index (χ1v) is 13.9. The van der Waals surface area contributed by atoms with E-state index in [1.54, 1.807) is 36.7 Å². The Hall–Kier alpha value is -3.14. The Bertz CT molecular complexity index is 1630. The molecule has 4 aromatic rings. The second kappa shape index (κ2) is 8.18. The third kappa shape index (κ3) is 3.79. The molecular formula is C28H29BN2O5S. The number of aryl methyl sites for hydroxylation is 1. The maximum atomic E-state index is 13.8. The summed E-state index contributed by atoms with van der Waals surface area (Å²) in [5.41, 5.74) is 3.71. The summed E-state index contributed by atoms with van der Waals surface area (Å²) in [6.45, 7) is 10.5. The molecule has 4 heterocycles. The van der Waals surface area contributed by atoms with Gasteiger partial charge in [-0.3, -0.25) is 0 Å². The van der Waals surface area contributed by atoms with E-state index in [2.05, 4.69) is 4.98 Å². The molecule has 0 amide bonds. The molecule has 0 atom stereocenters. The van der Waals surface area contributed by atoms with Crippen LogP contribution in [0.3, 0.4) is 0 Å². The Morgan fingerprint density at radius 3 is 2.38 bits per heavy atom. The SMILES string of the molecule is Cc1ccc(S(=O)(=O)n2cc(-c3cccc4c3OCC4)c3cc(B4OC(C)(C)C(C)(C)O4)cnc32)cc1. The van der Waals surface area contributed by atoms with Gasteiger partial charge in [-0.05, 0) is 58.4 Å². The van der Waals surface area contributed by atoms with E-state index < -0.39 is 28.3 Å². The number of nitrogens with zero attached hydrogens (tertiary/aromatic N) is 2. The highest BCUT2D eigenvalue weighted by atomic mass is 32.2. The fourth-order valence-corrected chi connectivity index (χ4v) is 6.18. The average Bonchev–Trinajstić information content (AvgIpc) is 3.53. The van der Waals surface area contributed by atoms with Crippen molar-refractivity contribution in [2.24, 2.45) is 0 Å². The molecule has 0 aliphatic carbocycles. The molecule has 0 bridgehead atoms. The fraction of sp³-hybridized carbons (Fsp3) is 0.321. The van der Waals surface area contributed by atoms with Crippen LogP contribution in [0.2, 0.25) is 0 Å². The summed E-state index contributed by atoms with van der Waals surface area (Å²) in [6, 6.07) is 14.7. The minimum atomic E-state index is -3.90. The fourth-order valence-electron chi connectivity index (χ4n) is 4.85. The molecule has 2 aromatic carbocycles. The lowest BCUT2D eigenvalue weighted by Gasteiger charge is -2.32. The number of rotatable bonds is 4. The molecule has 2 aromatic heterocycles. The van der Waals surface area contributed by atoms with Gasteiger partial charge in [-0.25, -0.2) is 17.4 Å². The number of para-hydroxylation sites is 1. The van der Waals surface area contributed by atoms with Crippen molar-refractivity contribution >= 4 is 33.6 Å². The summed E-state index contributed by atoms with van der Waals surface area (Å²) in [7, 11) is -4.52. The molecule has 1 fully saturated rings. The largest absolute Gasteiger partial charge is 0.496 e. The molecule has 37 heavy (non-hydrogen) atoms. The van der Waals surface area contributed by atoms with Crippen molar-refractivity contribution in [1.82, 2.24) is 8.96 Å². The molecule has 0 radical (unpaired) electrons. The van der Waals surface area contributed by atoms with Crippen LogP contribution in [0.5, 0.6) is 5.75 Å². The maximum Gasteiger partial charge on any atom is 0.496 e. The van der Waals surface area contributed by atoms with Crippen LogP contribution in [0.1, 0.15) is 38.8 Å². The predicted octanol–water partition coefficient (Wildman–Crippen LogP) is 4.48. The van der Waals surface area contributed by atoms with Crippen LogP contribution >= 0.6 is 0 Å². The molecule has 1 saturated heterocycles. The van der Waals surface area contributed by atoms with Gasteiger partial charge in [0.15, 0.2) is 5.65 Å². The Morgan fingerprint density at radius 1 is 0.973 bits per heavy atom. The number of hydrogen-bond acceptors (Lipinski definition) is 6. The molecule has 0 spiro atoms. The lowest BCUT2D eigenvalue weighted by Crippen LogP contribution is -2.41. The zero-order chi connectivity index (χ0) is 26.2. The Balaban J connectivity index is 1.57. The summed E-state index contributed by atoms with van der Waals surface area (Å²) >= 11 is 0. The van der Waals surface area contributed by atoms with Crippen molar-refractivity contribution in [2.45, 2.75) is 57.1 Å². The van der Waals surface area contributed by atoms with Crippen LogP contribution in [0.25, 0.3) is 22.2 Å². The molecule has 2 aliphatic rings.